The zero-order chi connectivity index (χ0) is 28.3. The van der Waals surface area contributed by atoms with Crippen LogP contribution in [0.1, 0.15) is 62.6 Å². The van der Waals surface area contributed by atoms with Crippen LogP contribution in [0.25, 0.3) is 0 Å². The lowest BCUT2D eigenvalue weighted by molar-refractivity contribution is -0.307. The van der Waals surface area contributed by atoms with Crippen molar-refractivity contribution >= 4 is 0 Å². The van der Waals surface area contributed by atoms with Crippen LogP contribution in [0.4, 0.5) is 35.1 Å². The standard InChI is InChI=1S/C27H31F8NO2/c1-16(2)17-6-4-10-21(13-17)38-22-11-5-8-19(14-22)24(36-15-23(37)26(30,31)32)18-7-3-9-20(12-18)25(28,29)27(33,34)35/h4-6,8,10-11,13-14,16,18,20,23-24,36-37H,3,7,9,12,15H2,1-2H3. The molecular weight excluding hydrogens is 522 g/mol. The highest BCUT2D eigenvalue weighted by Gasteiger charge is 2.62. The van der Waals surface area contributed by atoms with Crippen LogP contribution in [0.2, 0.25) is 0 Å². The van der Waals surface area contributed by atoms with Crippen LogP contribution >= 0.6 is 0 Å². The van der Waals surface area contributed by atoms with Crippen LogP contribution in [-0.2, 0) is 0 Å². The summed E-state index contributed by atoms with van der Waals surface area (Å²) in [5.74, 6) is -6.70. The van der Waals surface area contributed by atoms with E-state index in [4.69, 9.17) is 4.74 Å². The fourth-order valence-corrected chi connectivity index (χ4v) is 4.85. The maximum absolute atomic E-state index is 14.2. The van der Waals surface area contributed by atoms with Gasteiger partial charge in [-0.1, -0.05) is 44.5 Å². The Hall–Kier alpha value is -2.40. The molecule has 0 aromatic heterocycles. The molecule has 4 unspecified atom stereocenters. The van der Waals surface area contributed by atoms with Gasteiger partial charge in [-0.2, -0.15) is 35.1 Å². The predicted molar refractivity (Wildman–Crippen MR) is 126 cm³/mol. The molecule has 2 N–H and O–H groups in total. The maximum atomic E-state index is 14.2. The van der Waals surface area contributed by atoms with Crippen LogP contribution in [-0.4, -0.2) is 36.0 Å². The Bertz CT molecular complexity index is 1050. The summed E-state index contributed by atoms with van der Waals surface area (Å²) in [6.07, 6.45) is -14.0. The molecule has 1 saturated carbocycles. The summed E-state index contributed by atoms with van der Waals surface area (Å²) in [6, 6.07) is 12.5. The van der Waals surface area contributed by atoms with Gasteiger partial charge in [0.25, 0.3) is 0 Å². The van der Waals surface area contributed by atoms with E-state index in [0.717, 1.165) is 5.56 Å². The van der Waals surface area contributed by atoms with E-state index in [1.165, 1.54) is 6.07 Å². The van der Waals surface area contributed by atoms with Crippen molar-refractivity contribution in [3.63, 3.8) is 0 Å². The van der Waals surface area contributed by atoms with Gasteiger partial charge in [0, 0.05) is 18.5 Å². The molecule has 1 fully saturated rings. The summed E-state index contributed by atoms with van der Waals surface area (Å²) in [7, 11) is 0. The Morgan fingerprint density at radius 2 is 1.47 bits per heavy atom. The molecule has 38 heavy (non-hydrogen) atoms. The average molecular weight is 554 g/mol. The minimum atomic E-state index is -5.73. The molecule has 3 rings (SSSR count). The van der Waals surface area contributed by atoms with E-state index in [2.05, 4.69) is 5.32 Å². The van der Waals surface area contributed by atoms with Crippen molar-refractivity contribution in [3.05, 3.63) is 59.7 Å². The third-order valence-corrected chi connectivity index (χ3v) is 6.96. The third-order valence-electron chi connectivity index (χ3n) is 6.96. The van der Waals surface area contributed by atoms with Gasteiger partial charge in [0.2, 0.25) is 0 Å². The number of alkyl halides is 8. The second kappa shape index (κ2) is 11.8. The Balaban J connectivity index is 1.89. The SMILES string of the molecule is CC(C)c1cccc(Oc2cccc(C(NCC(O)C(F)(F)F)C3CCCC(C(F)(F)C(F)(F)F)C3)c2)c1. The molecule has 2 aromatic rings. The highest BCUT2D eigenvalue weighted by atomic mass is 19.4. The molecule has 11 heteroatoms. The van der Waals surface area contributed by atoms with Gasteiger partial charge in [0.1, 0.15) is 11.5 Å². The summed E-state index contributed by atoms with van der Waals surface area (Å²) in [4.78, 5) is 0. The number of nitrogens with one attached hydrogen (secondary N) is 1. The summed E-state index contributed by atoms with van der Waals surface area (Å²) in [6.45, 7) is 3.06. The Morgan fingerprint density at radius 3 is 2.03 bits per heavy atom. The summed E-state index contributed by atoms with van der Waals surface area (Å²) >= 11 is 0. The molecular formula is C27H31F8NO2. The normalized spacial score (nSPS) is 20.8. The van der Waals surface area contributed by atoms with E-state index in [1.807, 2.05) is 26.0 Å². The first kappa shape index (κ1) is 30.1. The summed E-state index contributed by atoms with van der Waals surface area (Å²) in [5.41, 5.74) is 1.37. The Labute approximate surface area is 216 Å². The molecule has 0 bridgehead atoms. The van der Waals surface area contributed by atoms with Crippen LogP contribution in [0.5, 0.6) is 11.5 Å². The van der Waals surface area contributed by atoms with E-state index in [-0.39, 0.29) is 25.2 Å². The molecule has 0 aliphatic heterocycles. The lowest BCUT2D eigenvalue weighted by atomic mass is 9.73. The van der Waals surface area contributed by atoms with Gasteiger partial charge in [0.15, 0.2) is 6.10 Å². The first-order valence-electron chi connectivity index (χ1n) is 12.4. The molecule has 4 atom stereocenters. The molecule has 0 saturated heterocycles. The topological polar surface area (TPSA) is 41.5 Å². The molecule has 0 radical (unpaired) electrons. The van der Waals surface area contributed by atoms with Gasteiger partial charge in [-0.05, 0) is 66.5 Å². The Morgan fingerprint density at radius 1 is 0.895 bits per heavy atom. The van der Waals surface area contributed by atoms with Gasteiger partial charge < -0.3 is 15.2 Å². The number of hydrogen-bond donors (Lipinski definition) is 2. The Kier molecular flexibility index (Phi) is 9.34. The van der Waals surface area contributed by atoms with Gasteiger partial charge in [-0.25, -0.2) is 0 Å². The van der Waals surface area contributed by atoms with Crippen LogP contribution < -0.4 is 10.1 Å². The zero-order valence-electron chi connectivity index (χ0n) is 20.9. The van der Waals surface area contributed by atoms with Crippen LogP contribution in [0, 0.1) is 11.8 Å². The van der Waals surface area contributed by atoms with E-state index in [0.29, 0.717) is 17.1 Å². The first-order chi connectivity index (χ1) is 17.6. The van der Waals surface area contributed by atoms with Gasteiger partial charge in [0.05, 0.1) is 0 Å². The second-order valence-corrected chi connectivity index (χ2v) is 10.1. The van der Waals surface area contributed by atoms with Crippen molar-refractivity contribution in [2.45, 2.75) is 75.9 Å². The van der Waals surface area contributed by atoms with Gasteiger partial charge in [-0.3, -0.25) is 0 Å². The number of aliphatic hydroxyl groups excluding tert-OH is 1. The largest absolute Gasteiger partial charge is 0.457 e. The van der Waals surface area contributed by atoms with Crippen molar-refractivity contribution in [2.75, 3.05) is 6.54 Å². The van der Waals surface area contributed by atoms with E-state index in [9.17, 15) is 40.2 Å². The molecule has 0 heterocycles. The number of benzene rings is 2. The monoisotopic (exact) mass is 553 g/mol. The molecule has 1 aliphatic carbocycles. The fraction of sp³-hybridized carbons (Fsp3) is 0.556. The number of ether oxygens (including phenoxy) is 1. The number of halogens is 8. The van der Waals surface area contributed by atoms with Crippen molar-refractivity contribution in [2.24, 2.45) is 11.8 Å². The van der Waals surface area contributed by atoms with Crippen molar-refractivity contribution in [1.29, 1.82) is 0 Å². The van der Waals surface area contributed by atoms with Crippen molar-refractivity contribution < 1.29 is 45.0 Å². The van der Waals surface area contributed by atoms with Crippen LogP contribution in [0.3, 0.4) is 0 Å². The molecule has 1 aliphatic rings. The van der Waals surface area contributed by atoms with E-state index >= 15 is 0 Å². The summed E-state index contributed by atoms with van der Waals surface area (Å²) < 4.78 is 112. The minimum Gasteiger partial charge on any atom is -0.457 e. The van der Waals surface area contributed by atoms with E-state index in [1.54, 1.807) is 30.3 Å². The minimum absolute atomic E-state index is 0.0548. The van der Waals surface area contributed by atoms with Crippen molar-refractivity contribution in [1.82, 2.24) is 5.32 Å². The average Bonchev–Trinajstić information content (AvgIpc) is 2.83. The lowest BCUT2D eigenvalue weighted by Gasteiger charge is -2.39. The van der Waals surface area contributed by atoms with E-state index < -0.39 is 55.2 Å². The highest BCUT2D eigenvalue weighted by Crippen LogP contribution is 2.50. The zero-order valence-corrected chi connectivity index (χ0v) is 20.9. The number of aliphatic hydroxyl groups is 1. The molecule has 0 spiro atoms. The molecule has 2 aromatic carbocycles. The van der Waals surface area contributed by atoms with Gasteiger partial charge >= 0.3 is 18.3 Å². The van der Waals surface area contributed by atoms with Crippen molar-refractivity contribution in [3.8, 4) is 11.5 Å². The highest BCUT2D eigenvalue weighted by molar-refractivity contribution is 5.37. The second-order valence-electron chi connectivity index (χ2n) is 10.1. The van der Waals surface area contributed by atoms with Crippen LogP contribution in [0.15, 0.2) is 48.5 Å². The third kappa shape index (κ3) is 7.37. The summed E-state index contributed by atoms with van der Waals surface area (Å²) in [5, 5.41) is 12.1. The smallest absolute Gasteiger partial charge is 0.453 e. The fourth-order valence-electron chi connectivity index (χ4n) is 4.85. The molecule has 0 amide bonds. The lowest BCUT2D eigenvalue weighted by Crippen LogP contribution is -2.47. The number of hydrogen-bond acceptors (Lipinski definition) is 3. The first-order valence-corrected chi connectivity index (χ1v) is 12.4. The van der Waals surface area contributed by atoms with Gasteiger partial charge in [-0.15, -0.1) is 0 Å². The molecule has 212 valence electrons. The predicted octanol–water partition coefficient (Wildman–Crippen LogP) is 8.16. The maximum Gasteiger partial charge on any atom is 0.453 e. The molecule has 3 nitrogen and oxygen atoms in total. The number of rotatable bonds is 9. The quantitative estimate of drug-likeness (QED) is 0.308.